The number of aromatic nitrogens is 2. The van der Waals surface area contributed by atoms with Gasteiger partial charge in [0.05, 0.1) is 11.0 Å². The lowest BCUT2D eigenvalue weighted by Gasteiger charge is -2.26. The van der Waals surface area contributed by atoms with Crippen molar-refractivity contribution in [2.75, 3.05) is 4.90 Å². The van der Waals surface area contributed by atoms with Crippen LogP contribution in [0.5, 0.6) is 0 Å². The van der Waals surface area contributed by atoms with Gasteiger partial charge in [0.15, 0.2) is 5.58 Å². The quantitative estimate of drug-likeness (QED) is 0.182. The number of para-hydroxylation sites is 1. The Morgan fingerprint density at radius 3 is 2.02 bits per heavy atom. The molecule has 8 aromatic carbocycles. The van der Waals surface area contributed by atoms with Crippen molar-refractivity contribution in [3.8, 4) is 16.8 Å². The van der Waals surface area contributed by atoms with Gasteiger partial charge in [-0.3, -0.25) is 4.98 Å². The van der Waals surface area contributed by atoms with Crippen LogP contribution in [0.25, 0.3) is 82.2 Å². The van der Waals surface area contributed by atoms with Crippen LogP contribution < -0.4 is 4.90 Å². The van der Waals surface area contributed by atoms with Crippen LogP contribution in [0, 0.1) is 0 Å². The zero-order valence-corrected chi connectivity index (χ0v) is 28.6. The van der Waals surface area contributed by atoms with E-state index in [9.17, 15) is 0 Å². The van der Waals surface area contributed by atoms with Gasteiger partial charge in [0, 0.05) is 51.2 Å². The van der Waals surface area contributed by atoms with Crippen LogP contribution in [0.2, 0.25) is 0 Å². The highest BCUT2D eigenvalue weighted by molar-refractivity contribution is 6.13. The standard InChI is InChI=1S/C49H31N3O/c1-2-11-33-26-37(22-21-32(33)10-1)34-14-7-15-38(27-34)51(41-23-24-43-48(31-41)53-47-20-9-25-50-49(43)47)39-16-8-17-40(30-39)52-45-19-6-5-18-42(45)44-28-35-12-3-4-13-36(35)29-46(44)52/h1-31H. The Hall–Kier alpha value is -7.17. The number of nitrogens with zero attached hydrogens (tertiary/aromatic N) is 3. The molecule has 11 rings (SSSR count). The van der Waals surface area contributed by atoms with E-state index in [4.69, 9.17) is 4.42 Å². The molecule has 0 N–H and O–H groups in total. The van der Waals surface area contributed by atoms with Crippen molar-refractivity contribution < 1.29 is 4.42 Å². The SMILES string of the molecule is c1cc(-c2ccc3ccccc3c2)cc(N(c2cccc(-n3c4ccccc4c4cc5ccccc5cc43)c2)c2ccc3c(c2)oc2cccnc23)c1. The summed E-state index contributed by atoms with van der Waals surface area (Å²) in [6.07, 6.45) is 1.82. The highest BCUT2D eigenvalue weighted by Gasteiger charge is 2.19. The van der Waals surface area contributed by atoms with Crippen LogP contribution in [0.15, 0.2) is 193 Å². The second-order valence-electron chi connectivity index (χ2n) is 13.7. The fourth-order valence-corrected chi connectivity index (χ4v) is 8.07. The summed E-state index contributed by atoms with van der Waals surface area (Å²) in [7, 11) is 0. The van der Waals surface area contributed by atoms with Gasteiger partial charge >= 0.3 is 0 Å². The first kappa shape index (κ1) is 29.5. The van der Waals surface area contributed by atoms with Crippen LogP contribution in [-0.2, 0) is 0 Å². The Labute approximate surface area is 305 Å². The molecule has 0 saturated heterocycles. The van der Waals surface area contributed by atoms with Gasteiger partial charge in [-0.1, -0.05) is 97.1 Å². The number of pyridine rings is 1. The zero-order valence-electron chi connectivity index (χ0n) is 28.6. The summed E-state index contributed by atoms with van der Waals surface area (Å²) < 4.78 is 8.77. The van der Waals surface area contributed by atoms with E-state index < -0.39 is 0 Å². The first-order valence-electron chi connectivity index (χ1n) is 17.9. The highest BCUT2D eigenvalue weighted by atomic mass is 16.3. The molecule has 4 heteroatoms. The Balaban J connectivity index is 1.12. The van der Waals surface area contributed by atoms with Crippen molar-refractivity contribution in [1.82, 2.24) is 9.55 Å². The Morgan fingerprint density at radius 2 is 1.13 bits per heavy atom. The maximum atomic E-state index is 6.37. The average Bonchev–Trinajstić information content (AvgIpc) is 3.75. The fraction of sp³-hybridized carbons (Fsp3) is 0. The van der Waals surface area contributed by atoms with Crippen LogP contribution in [0.3, 0.4) is 0 Å². The minimum absolute atomic E-state index is 0.783. The molecule has 0 aliphatic rings. The first-order valence-corrected chi connectivity index (χ1v) is 17.9. The van der Waals surface area contributed by atoms with Crippen LogP contribution in [0.1, 0.15) is 0 Å². The molecule has 3 heterocycles. The number of anilines is 3. The minimum atomic E-state index is 0.783. The van der Waals surface area contributed by atoms with Crippen molar-refractivity contribution in [2.24, 2.45) is 0 Å². The van der Waals surface area contributed by atoms with E-state index in [2.05, 4.69) is 184 Å². The molecule has 0 fully saturated rings. The number of fused-ring (bicyclic) bond motifs is 8. The lowest BCUT2D eigenvalue weighted by molar-refractivity contribution is 0.668. The van der Waals surface area contributed by atoms with Crippen LogP contribution in [0.4, 0.5) is 17.1 Å². The zero-order chi connectivity index (χ0) is 34.9. The van der Waals surface area contributed by atoms with Gasteiger partial charge in [-0.2, -0.15) is 0 Å². The van der Waals surface area contributed by atoms with Crippen LogP contribution in [-0.4, -0.2) is 9.55 Å². The van der Waals surface area contributed by atoms with E-state index in [1.54, 1.807) is 0 Å². The smallest absolute Gasteiger partial charge is 0.153 e. The molecule has 0 bridgehead atoms. The molecule has 4 nitrogen and oxygen atoms in total. The van der Waals surface area contributed by atoms with E-state index >= 15 is 0 Å². The maximum Gasteiger partial charge on any atom is 0.153 e. The molecule has 0 unspecified atom stereocenters. The molecule has 0 amide bonds. The fourth-order valence-electron chi connectivity index (χ4n) is 8.07. The predicted molar refractivity (Wildman–Crippen MR) is 221 cm³/mol. The molecule has 53 heavy (non-hydrogen) atoms. The molecular weight excluding hydrogens is 647 g/mol. The number of benzene rings is 8. The second-order valence-corrected chi connectivity index (χ2v) is 13.7. The number of hydrogen-bond acceptors (Lipinski definition) is 3. The number of hydrogen-bond donors (Lipinski definition) is 0. The summed E-state index contributed by atoms with van der Waals surface area (Å²) in [4.78, 5) is 6.96. The largest absolute Gasteiger partial charge is 0.454 e. The van der Waals surface area contributed by atoms with Gasteiger partial charge in [0.2, 0.25) is 0 Å². The van der Waals surface area contributed by atoms with E-state index in [0.29, 0.717) is 0 Å². The van der Waals surface area contributed by atoms with Crippen molar-refractivity contribution in [1.29, 1.82) is 0 Å². The van der Waals surface area contributed by atoms with Gasteiger partial charge in [0.25, 0.3) is 0 Å². The summed E-state index contributed by atoms with van der Waals surface area (Å²) in [5.74, 6) is 0. The van der Waals surface area contributed by atoms with Gasteiger partial charge in [-0.25, -0.2) is 0 Å². The normalized spacial score (nSPS) is 11.8. The topological polar surface area (TPSA) is 34.2 Å². The van der Waals surface area contributed by atoms with Crippen molar-refractivity contribution in [3.05, 3.63) is 188 Å². The molecule has 0 atom stereocenters. The van der Waals surface area contributed by atoms with Crippen molar-refractivity contribution in [3.63, 3.8) is 0 Å². The number of rotatable bonds is 5. The van der Waals surface area contributed by atoms with E-state index in [-0.39, 0.29) is 0 Å². The van der Waals surface area contributed by atoms with Gasteiger partial charge in [0.1, 0.15) is 11.1 Å². The molecule has 3 aromatic heterocycles. The highest BCUT2D eigenvalue weighted by Crippen LogP contribution is 2.41. The van der Waals surface area contributed by atoms with Gasteiger partial charge in [-0.15, -0.1) is 0 Å². The summed E-state index contributed by atoms with van der Waals surface area (Å²) in [5.41, 5.74) is 11.3. The third kappa shape index (κ3) is 4.80. The molecule has 248 valence electrons. The molecule has 0 aliphatic heterocycles. The lowest BCUT2D eigenvalue weighted by atomic mass is 10.0. The maximum absolute atomic E-state index is 6.37. The number of furan rings is 1. The molecular formula is C49H31N3O. The monoisotopic (exact) mass is 677 g/mol. The Kier molecular flexibility index (Phi) is 6.52. The third-order valence-corrected chi connectivity index (χ3v) is 10.5. The predicted octanol–water partition coefficient (Wildman–Crippen LogP) is 13.5. The summed E-state index contributed by atoms with van der Waals surface area (Å²) >= 11 is 0. The molecule has 0 saturated carbocycles. The third-order valence-electron chi connectivity index (χ3n) is 10.5. The molecule has 0 aliphatic carbocycles. The lowest BCUT2D eigenvalue weighted by Crippen LogP contribution is -2.10. The van der Waals surface area contributed by atoms with Crippen LogP contribution >= 0.6 is 0 Å². The average molecular weight is 678 g/mol. The van der Waals surface area contributed by atoms with Gasteiger partial charge < -0.3 is 13.9 Å². The Morgan fingerprint density at radius 1 is 0.415 bits per heavy atom. The first-order chi connectivity index (χ1) is 26.2. The second kappa shape index (κ2) is 11.7. The molecule has 0 radical (unpaired) electrons. The van der Waals surface area contributed by atoms with E-state index in [0.717, 1.165) is 50.4 Å². The Bertz CT molecular complexity index is 3210. The minimum Gasteiger partial charge on any atom is -0.454 e. The van der Waals surface area contributed by atoms with Crippen molar-refractivity contribution >= 4 is 82.5 Å². The summed E-state index contributed by atoms with van der Waals surface area (Å²) in [6.45, 7) is 0. The van der Waals surface area contributed by atoms with Gasteiger partial charge in [-0.05, 0) is 112 Å². The molecule has 0 spiro atoms. The molecule has 11 aromatic rings. The van der Waals surface area contributed by atoms with Crippen molar-refractivity contribution in [2.45, 2.75) is 0 Å². The van der Waals surface area contributed by atoms with E-state index in [1.165, 1.54) is 48.9 Å². The summed E-state index contributed by atoms with van der Waals surface area (Å²) in [6, 6.07) is 65.2. The van der Waals surface area contributed by atoms with E-state index in [1.807, 2.05) is 18.3 Å². The summed E-state index contributed by atoms with van der Waals surface area (Å²) in [5, 5.41) is 8.41.